The largest absolute Gasteiger partial charge is 0.261 e. The summed E-state index contributed by atoms with van der Waals surface area (Å²) in [7, 11) is 0. The van der Waals surface area contributed by atoms with Gasteiger partial charge in [-0.2, -0.15) is 0 Å². The van der Waals surface area contributed by atoms with Crippen molar-refractivity contribution in [1.82, 2.24) is 0 Å². The lowest BCUT2D eigenvalue weighted by Gasteiger charge is -2.30. The zero-order valence-corrected chi connectivity index (χ0v) is 5.08. The van der Waals surface area contributed by atoms with Crippen LogP contribution in [-0.2, 0) is 0 Å². The zero-order valence-electron chi connectivity index (χ0n) is 3.50. The Kier molecular flexibility index (Phi) is 1.10. The lowest BCUT2D eigenvalue weighted by atomic mass is 9.95. The molecule has 1 saturated carbocycles. The van der Waals surface area contributed by atoms with E-state index in [2.05, 4.69) is 15.9 Å². The average molecular weight is 170 g/mol. The minimum Gasteiger partial charge on any atom is -0.206 e. The van der Waals surface area contributed by atoms with Gasteiger partial charge in [-0.1, -0.05) is 15.9 Å². The van der Waals surface area contributed by atoms with E-state index in [0.29, 0.717) is 0 Å². The van der Waals surface area contributed by atoms with Crippen LogP contribution in [0.4, 0.5) is 8.78 Å². The standard InChI is InChI=1S/C4H4BrF2/c5-3-1-2-4(3,6)7/h1,3H,2H2. The van der Waals surface area contributed by atoms with E-state index in [1.165, 1.54) is 0 Å². The minimum absolute atomic E-state index is 0.0666. The molecule has 0 aromatic heterocycles. The van der Waals surface area contributed by atoms with Crippen molar-refractivity contribution in [3.05, 3.63) is 6.42 Å². The average Bonchev–Trinajstić information content (AvgIpc) is 1.63. The van der Waals surface area contributed by atoms with Gasteiger partial charge < -0.3 is 0 Å². The van der Waals surface area contributed by atoms with Gasteiger partial charge in [0.2, 0.25) is 0 Å². The Labute approximate surface area is 49.0 Å². The van der Waals surface area contributed by atoms with E-state index < -0.39 is 10.7 Å². The van der Waals surface area contributed by atoms with Crippen molar-refractivity contribution >= 4 is 15.9 Å². The Morgan fingerprint density at radius 2 is 2.14 bits per heavy atom. The van der Waals surface area contributed by atoms with Crippen LogP contribution in [0.5, 0.6) is 0 Å². The van der Waals surface area contributed by atoms with E-state index in [0.717, 1.165) is 0 Å². The molecule has 41 valence electrons. The molecule has 0 amide bonds. The highest BCUT2D eigenvalue weighted by Gasteiger charge is 2.46. The van der Waals surface area contributed by atoms with Crippen LogP contribution < -0.4 is 0 Å². The molecule has 1 fully saturated rings. The van der Waals surface area contributed by atoms with Crippen molar-refractivity contribution < 1.29 is 8.78 Å². The molecule has 0 spiro atoms. The van der Waals surface area contributed by atoms with Crippen LogP contribution in [0.25, 0.3) is 0 Å². The fourth-order valence-electron chi connectivity index (χ4n) is 0.385. The quantitative estimate of drug-likeness (QED) is 0.487. The topological polar surface area (TPSA) is 0 Å². The van der Waals surface area contributed by atoms with E-state index in [1.807, 2.05) is 0 Å². The molecule has 1 rings (SSSR count). The van der Waals surface area contributed by atoms with Gasteiger partial charge in [-0.15, -0.1) is 0 Å². The molecule has 0 nitrogen and oxygen atoms in total. The second-order valence-electron chi connectivity index (χ2n) is 1.60. The van der Waals surface area contributed by atoms with E-state index in [-0.39, 0.29) is 6.42 Å². The van der Waals surface area contributed by atoms with Gasteiger partial charge >= 0.3 is 0 Å². The van der Waals surface area contributed by atoms with Crippen molar-refractivity contribution in [2.75, 3.05) is 0 Å². The predicted octanol–water partition coefficient (Wildman–Crippen LogP) is 1.99. The molecule has 1 aliphatic carbocycles. The maximum absolute atomic E-state index is 11.9. The molecule has 7 heavy (non-hydrogen) atoms. The van der Waals surface area contributed by atoms with Gasteiger partial charge in [0.25, 0.3) is 5.92 Å². The highest BCUT2D eigenvalue weighted by atomic mass is 79.9. The van der Waals surface area contributed by atoms with Crippen molar-refractivity contribution in [3.8, 4) is 0 Å². The van der Waals surface area contributed by atoms with Gasteiger partial charge in [0, 0.05) is 6.42 Å². The maximum atomic E-state index is 11.9. The van der Waals surface area contributed by atoms with Crippen LogP contribution in [0.2, 0.25) is 0 Å². The summed E-state index contributed by atoms with van der Waals surface area (Å²) in [5.41, 5.74) is 0. The Bertz CT molecular complexity index is 81.8. The van der Waals surface area contributed by atoms with Crippen LogP contribution in [-0.4, -0.2) is 10.7 Å². The molecule has 0 N–H and O–H groups in total. The lowest BCUT2D eigenvalue weighted by molar-refractivity contribution is -0.0307. The first-order valence-corrected chi connectivity index (χ1v) is 2.90. The molecule has 3 heteroatoms. The van der Waals surface area contributed by atoms with Gasteiger partial charge in [0.05, 0.1) is 4.83 Å². The lowest BCUT2D eigenvalue weighted by Crippen LogP contribution is -2.39. The van der Waals surface area contributed by atoms with Gasteiger partial charge in [-0.25, -0.2) is 8.78 Å². The molecule has 0 heterocycles. The summed E-state index contributed by atoms with van der Waals surface area (Å²) >= 11 is 2.78. The molecule has 0 aromatic rings. The van der Waals surface area contributed by atoms with E-state index in [4.69, 9.17) is 0 Å². The molecule has 0 bridgehead atoms. The summed E-state index contributed by atoms with van der Waals surface area (Å²) in [5.74, 6) is -2.46. The van der Waals surface area contributed by atoms with Crippen LogP contribution in [0.1, 0.15) is 6.42 Å². The van der Waals surface area contributed by atoms with Crippen LogP contribution in [0.15, 0.2) is 0 Å². The monoisotopic (exact) mass is 169 g/mol. The fraction of sp³-hybridized carbons (Fsp3) is 0.750. The Morgan fingerprint density at radius 1 is 1.71 bits per heavy atom. The van der Waals surface area contributed by atoms with E-state index >= 15 is 0 Å². The van der Waals surface area contributed by atoms with Crippen molar-refractivity contribution in [2.45, 2.75) is 17.2 Å². The fourth-order valence-corrected chi connectivity index (χ4v) is 0.759. The first-order valence-electron chi connectivity index (χ1n) is 1.98. The molecule has 0 aromatic carbocycles. The van der Waals surface area contributed by atoms with E-state index in [1.54, 1.807) is 6.42 Å². The normalized spacial score (nSPS) is 37.3. The summed E-state index contributed by atoms with van der Waals surface area (Å²) in [6.45, 7) is 0. The molecule has 1 atom stereocenters. The highest BCUT2D eigenvalue weighted by Crippen LogP contribution is 2.41. The molecule has 0 aliphatic heterocycles. The summed E-state index contributed by atoms with van der Waals surface area (Å²) in [4.78, 5) is -0.667. The third-order valence-electron chi connectivity index (χ3n) is 1.00. The van der Waals surface area contributed by atoms with Crippen LogP contribution >= 0.6 is 15.9 Å². The zero-order chi connectivity index (χ0) is 5.49. The van der Waals surface area contributed by atoms with Gasteiger partial charge in [0.15, 0.2) is 0 Å². The number of alkyl halides is 3. The Hall–Kier alpha value is 0.340. The smallest absolute Gasteiger partial charge is 0.206 e. The number of hydrogen-bond acceptors (Lipinski definition) is 0. The number of rotatable bonds is 0. The molecule has 0 saturated heterocycles. The molecule has 1 radical (unpaired) electrons. The van der Waals surface area contributed by atoms with Gasteiger partial charge in [-0.3, -0.25) is 0 Å². The first kappa shape index (κ1) is 5.48. The molecule has 1 aliphatic rings. The Balaban J connectivity index is 2.43. The predicted molar refractivity (Wildman–Crippen MR) is 26.6 cm³/mol. The van der Waals surface area contributed by atoms with Gasteiger partial charge in [-0.05, 0) is 6.42 Å². The van der Waals surface area contributed by atoms with Crippen molar-refractivity contribution in [1.29, 1.82) is 0 Å². The van der Waals surface area contributed by atoms with Gasteiger partial charge in [0.1, 0.15) is 0 Å². The number of hydrogen-bond donors (Lipinski definition) is 0. The van der Waals surface area contributed by atoms with Crippen molar-refractivity contribution in [2.24, 2.45) is 0 Å². The van der Waals surface area contributed by atoms with E-state index in [9.17, 15) is 8.78 Å². The SMILES string of the molecule is FC1(F)C[CH]C1Br. The maximum Gasteiger partial charge on any atom is 0.261 e. The van der Waals surface area contributed by atoms with Crippen LogP contribution in [0, 0.1) is 6.42 Å². The highest BCUT2D eigenvalue weighted by molar-refractivity contribution is 9.09. The van der Waals surface area contributed by atoms with Crippen molar-refractivity contribution in [3.63, 3.8) is 0 Å². The summed E-state index contributed by atoms with van der Waals surface area (Å²) < 4.78 is 23.7. The molecular weight excluding hydrogens is 166 g/mol. The Morgan fingerprint density at radius 3 is 2.14 bits per heavy atom. The summed E-state index contributed by atoms with van der Waals surface area (Å²) in [6.07, 6.45) is 1.48. The first-order chi connectivity index (χ1) is 3.13. The van der Waals surface area contributed by atoms with Crippen LogP contribution in [0.3, 0.4) is 0 Å². The molecule has 1 unspecified atom stereocenters. The summed E-state index contributed by atoms with van der Waals surface area (Å²) in [6, 6.07) is 0. The summed E-state index contributed by atoms with van der Waals surface area (Å²) in [5, 5.41) is 0. The third-order valence-corrected chi connectivity index (χ3v) is 2.04. The second-order valence-corrected chi connectivity index (χ2v) is 2.59. The molecular formula is C4H4BrF2. The number of halogens is 3. The third kappa shape index (κ3) is 0.784. The minimum atomic E-state index is -2.46. The second kappa shape index (κ2) is 1.41.